The fourth-order valence-corrected chi connectivity index (χ4v) is 2.82. The van der Waals surface area contributed by atoms with E-state index in [1.54, 1.807) is 0 Å². The van der Waals surface area contributed by atoms with Crippen molar-refractivity contribution in [2.45, 2.75) is 45.7 Å². The minimum Gasteiger partial charge on any atom is -0.329 e. The maximum absolute atomic E-state index is 6.03. The van der Waals surface area contributed by atoms with E-state index >= 15 is 0 Å². The van der Waals surface area contributed by atoms with E-state index in [1.165, 1.54) is 19.5 Å². The Morgan fingerprint density at radius 3 is 2.50 bits per heavy atom. The summed E-state index contributed by atoms with van der Waals surface area (Å²) in [6, 6.07) is 0.600. The molecule has 0 saturated carbocycles. The third-order valence-corrected chi connectivity index (χ3v) is 4.36. The highest BCUT2D eigenvalue weighted by Crippen LogP contribution is 2.27. The highest BCUT2D eigenvalue weighted by Gasteiger charge is 2.37. The molecular formula is C13H29N3. The van der Waals surface area contributed by atoms with Crippen molar-refractivity contribution in [3.8, 4) is 0 Å². The summed E-state index contributed by atoms with van der Waals surface area (Å²) in [5, 5.41) is 0. The molecule has 3 nitrogen and oxygen atoms in total. The summed E-state index contributed by atoms with van der Waals surface area (Å²) >= 11 is 0. The van der Waals surface area contributed by atoms with Crippen LogP contribution in [0.25, 0.3) is 0 Å². The minimum atomic E-state index is 0.143. The summed E-state index contributed by atoms with van der Waals surface area (Å²) in [5.74, 6) is 0.600. The molecule has 0 bridgehead atoms. The van der Waals surface area contributed by atoms with Crippen LogP contribution in [0.15, 0.2) is 0 Å². The van der Waals surface area contributed by atoms with Crippen molar-refractivity contribution in [2.75, 3.05) is 33.2 Å². The normalized spacial score (nSPS) is 29.1. The quantitative estimate of drug-likeness (QED) is 0.791. The van der Waals surface area contributed by atoms with Gasteiger partial charge in [0, 0.05) is 31.2 Å². The second-order valence-corrected chi connectivity index (χ2v) is 5.87. The number of hydrogen-bond donors (Lipinski definition) is 1. The molecule has 2 N–H and O–H groups in total. The van der Waals surface area contributed by atoms with Crippen molar-refractivity contribution < 1.29 is 0 Å². The molecule has 1 aliphatic heterocycles. The van der Waals surface area contributed by atoms with E-state index in [1.807, 2.05) is 0 Å². The molecule has 0 aromatic heterocycles. The third kappa shape index (κ3) is 2.76. The van der Waals surface area contributed by atoms with Gasteiger partial charge in [-0.05, 0) is 39.8 Å². The maximum Gasteiger partial charge on any atom is 0.0329 e. The molecule has 2 unspecified atom stereocenters. The summed E-state index contributed by atoms with van der Waals surface area (Å²) in [6.07, 6.45) is 1.25. The average molecular weight is 227 g/mol. The zero-order valence-electron chi connectivity index (χ0n) is 11.7. The van der Waals surface area contributed by atoms with E-state index in [0.717, 1.165) is 13.1 Å². The second-order valence-electron chi connectivity index (χ2n) is 5.87. The monoisotopic (exact) mass is 227 g/mol. The molecule has 0 aromatic carbocycles. The van der Waals surface area contributed by atoms with Crippen LogP contribution in [0.5, 0.6) is 0 Å². The summed E-state index contributed by atoms with van der Waals surface area (Å²) in [7, 11) is 2.22. The van der Waals surface area contributed by atoms with Crippen molar-refractivity contribution in [2.24, 2.45) is 11.7 Å². The van der Waals surface area contributed by atoms with Crippen molar-refractivity contribution in [1.82, 2.24) is 9.80 Å². The molecule has 1 heterocycles. The topological polar surface area (TPSA) is 32.5 Å². The first kappa shape index (κ1) is 13.9. The van der Waals surface area contributed by atoms with Crippen LogP contribution in [0.3, 0.4) is 0 Å². The predicted octanol–water partition coefficient (Wildman–Crippen LogP) is 1.39. The molecule has 1 rings (SSSR count). The van der Waals surface area contributed by atoms with Gasteiger partial charge in [0.05, 0.1) is 0 Å². The zero-order valence-corrected chi connectivity index (χ0v) is 11.7. The van der Waals surface area contributed by atoms with Gasteiger partial charge >= 0.3 is 0 Å². The predicted molar refractivity (Wildman–Crippen MR) is 70.6 cm³/mol. The average Bonchev–Trinajstić information content (AvgIpc) is 2.38. The van der Waals surface area contributed by atoms with Crippen molar-refractivity contribution in [3.05, 3.63) is 0 Å². The Labute approximate surface area is 101 Å². The molecule has 1 saturated heterocycles. The number of nitrogens with two attached hydrogens (primary N) is 1. The van der Waals surface area contributed by atoms with Gasteiger partial charge in [-0.3, -0.25) is 4.90 Å². The van der Waals surface area contributed by atoms with Crippen LogP contribution < -0.4 is 5.73 Å². The van der Waals surface area contributed by atoms with Gasteiger partial charge in [0.2, 0.25) is 0 Å². The van der Waals surface area contributed by atoms with Gasteiger partial charge in [-0.1, -0.05) is 13.8 Å². The van der Waals surface area contributed by atoms with E-state index in [0.29, 0.717) is 12.0 Å². The highest BCUT2D eigenvalue weighted by atomic mass is 15.3. The van der Waals surface area contributed by atoms with Crippen molar-refractivity contribution in [3.63, 3.8) is 0 Å². The lowest BCUT2D eigenvalue weighted by molar-refractivity contribution is 0.0348. The molecule has 0 aromatic rings. The van der Waals surface area contributed by atoms with Gasteiger partial charge in [0.15, 0.2) is 0 Å². The standard InChI is InChI=1S/C13H29N3/c1-11(2)13(4,10-14)16-8-6-7-15(5)9-12(16)3/h11-12H,6-10,14H2,1-5H3. The van der Waals surface area contributed by atoms with Crippen LogP contribution in [0, 0.1) is 5.92 Å². The highest BCUT2D eigenvalue weighted by molar-refractivity contribution is 4.94. The number of nitrogens with zero attached hydrogens (tertiary/aromatic N) is 2. The van der Waals surface area contributed by atoms with E-state index < -0.39 is 0 Å². The van der Waals surface area contributed by atoms with E-state index in [2.05, 4.69) is 44.5 Å². The van der Waals surface area contributed by atoms with Crippen LogP contribution in [-0.4, -0.2) is 54.6 Å². The first-order valence-electron chi connectivity index (χ1n) is 6.57. The Morgan fingerprint density at radius 1 is 1.38 bits per heavy atom. The Hall–Kier alpha value is -0.120. The van der Waals surface area contributed by atoms with Crippen molar-refractivity contribution in [1.29, 1.82) is 0 Å². The first-order chi connectivity index (χ1) is 7.41. The molecule has 96 valence electrons. The summed E-state index contributed by atoms with van der Waals surface area (Å²) in [4.78, 5) is 5.06. The fourth-order valence-electron chi connectivity index (χ4n) is 2.82. The van der Waals surface area contributed by atoms with Crippen LogP contribution >= 0.6 is 0 Å². The smallest absolute Gasteiger partial charge is 0.0329 e. The van der Waals surface area contributed by atoms with E-state index in [9.17, 15) is 0 Å². The molecule has 1 fully saturated rings. The zero-order chi connectivity index (χ0) is 12.3. The molecule has 0 amide bonds. The number of hydrogen-bond acceptors (Lipinski definition) is 3. The summed E-state index contributed by atoms with van der Waals surface area (Å²) < 4.78 is 0. The Morgan fingerprint density at radius 2 is 2.00 bits per heavy atom. The molecule has 0 radical (unpaired) electrons. The lowest BCUT2D eigenvalue weighted by atomic mass is 9.85. The van der Waals surface area contributed by atoms with Crippen LogP contribution in [0.2, 0.25) is 0 Å². The SMILES string of the molecule is CC1CN(C)CCCN1C(C)(CN)C(C)C. The Balaban J connectivity index is 2.83. The molecule has 1 aliphatic rings. The molecule has 0 aliphatic carbocycles. The van der Waals surface area contributed by atoms with Gasteiger partial charge < -0.3 is 10.6 Å². The lowest BCUT2D eigenvalue weighted by Gasteiger charge is -2.46. The van der Waals surface area contributed by atoms with Crippen molar-refractivity contribution >= 4 is 0 Å². The number of likely N-dealkylation sites (N-methyl/N-ethyl adjacent to an activating group) is 1. The second kappa shape index (κ2) is 5.48. The Bertz CT molecular complexity index is 217. The van der Waals surface area contributed by atoms with Crippen LogP contribution in [0.4, 0.5) is 0 Å². The van der Waals surface area contributed by atoms with Crippen LogP contribution in [-0.2, 0) is 0 Å². The first-order valence-corrected chi connectivity index (χ1v) is 6.57. The lowest BCUT2D eigenvalue weighted by Crippen LogP contribution is -2.59. The molecule has 2 atom stereocenters. The van der Waals surface area contributed by atoms with E-state index in [4.69, 9.17) is 5.73 Å². The van der Waals surface area contributed by atoms with Gasteiger partial charge in [0.1, 0.15) is 0 Å². The number of rotatable bonds is 3. The summed E-state index contributed by atoms with van der Waals surface area (Å²) in [5.41, 5.74) is 6.17. The largest absolute Gasteiger partial charge is 0.329 e. The van der Waals surface area contributed by atoms with Gasteiger partial charge in [-0.2, -0.15) is 0 Å². The third-order valence-electron chi connectivity index (χ3n) is 4.36. The molecule has 16 heavy (non-hydrogen) atoms. The maximum atomic E-state index is 6.03. The molecule has 0 spiro atoms. The minimum absolute atomic E-state index is 0.143. The van der Waals surface area contributed by atoms with Gasteiger partial charge in [-0.15, -0.1) is 0 Å². The summed E-state index contributed by atoms with van der Waals surface area (Å²) in [6.45, 7) is 13.5. The van der Waals surface area contributed by atoms with E-state index in [-0.39, 0.29) is 5.54 Å². The molecular weight excluding hydrogens is 198 g/mol. The molecule has 3 heteroatoms. The Kier molecular flexibility index (Phi) is 4.77. The fraction of sp³-hybridized carbons (Fsp3) is 1.00. The van der Waals surface area contributed by atoms with Gasteiger partial charge in [-0.25, -0.2) is 0 Å². The van der Waals surface area contributed by atoms with Gasteiger partial charge in [0.25, 0.3) is 0 Å². The van der Waals surface area contributed by atoms with Crippen LogP contribution in [0.1, 0.15) is 34.1 Å².